The quantitative estimate of drug-likeness (QED) is 0.833. The number of rotatable bonds is 1. The summed E-state index contributed by atoms with van der Waals surface area (Å²) in [5, 5.41) is 10.8. The molecule has 0 bridgehead atoms. The van der Waals surface area contributed by atoms with Crippen LogP contribution in [0.25, 0.3) is 0 Å². The second kappa shape index (κ2) is 4.14. The highest BCUT2D eigenvalue weighted by atomic mass is 79.9. The van der Waals surface area contributed by atoms with Crippen LogP contribution in [0.1, 0.15) is 18.9 Å². The third kappa shape index (κ3) is 2.20. The van der Waals surface area contributed by atoms with E-state index < -0.39 is 5.54 Å². The molecule has 1 amide bonds. The van der Waals surface area contributed by atoms with E-state index in [1.165, 1.54) is 4.90 Å². The van der Waals surface area contributed by atoms with E-state index in [1.807, 2.05) is 31.2 Å². The minimum atomic E-state index is -0.509. The standard InChI is InChI=1S/C12H14BrN3O/c1-12(8-4-3-5-9(13)6-8)7-10(17)16(2)11(14)15-12/h3-6H,7H2,1-2H3,(H2,14,15)/t12-/m1/s1. The molecule has 0 aliphatic carbocycles. The fraction of sp³-hybridized carbons (Fsp3) is 0.333. The zero-order valence-corrected chi connectivity index (χ0v) is 11.3. The number of nitrogens with zero attached hydrogens (tertiary/aromatic N) is 1. The van der Waals surface area contributed by atoms with Crippen LogP contribution in [0.2, 0.25) is 0 Å². The average molecular weight is 296 g/mol. The van der Waals surface area contributed by atoms with E-state index in [-0.39, 0.29) is 11.9 Å². The number of hydrogen-bond donors (Lipinski definition) is 2. The second-order valence-corrected chi connectivity index (χ2v) is 5.36. The van der Waals surface area contributed by atoms with Gasteiger partial charge in [0.05, 0.1) is 12.0 Å². The maximum absolute atomic E-state index is 11.8. The van der Waals surface area contributed by atoms with Gasteiger partial charge in [0.25, 0.3) is 0 Å². The summed E-state index contributed by atoms with van der Waals surface area (Å²) in [5.41, 5.74) is 0.489. The predicted molar refractivity (Wildman–Crippen MR) is 69.7 cm³/mol. The van der Waals surface area contributed by atoms with Crippen molar-refractivity contribution in [1.29, 1.82) is 5.41 Å². The summed E-state index contributed by atoms with van der Waals surface area (Å²) in [7, 11) is 1.61. The molecule has 2 N–H and O–H groups in total. The Morgan fingerprint density at radius 2 is 2.24 bits per heavy atom. The smallest absolute Gasteiger partial charge is 0.231 e. The Morgan fingerprint density at radius 3 is 2.82 bits per heavy atom. The van der Waals surface area contributed by atoms with Crippen molar-refractivity contribution in [3.63, 3.8) is 0 Å². The van der Waals surface area contributed by atoms with Gasteiger partial charge in [-0.15, -0.1) is 0 Å². The normalized spacial score (nSPS) is 24.8. The second-order valence-electron chi connectivity index (χ2n) is 4.45. The number of guanidine groups is 1. The van der Waals surface area contributed by atoms with Gasteiger partial charge < -0.3 is 5.32 Å². The van der Waals surface area contributed by atoms with Crippen LogP contribution in [0.3, 0.4) is 0 Å². The molecular formula is C12H14BrN3O. The third-order valence-corrected chi connectivity index (χ3v) is 3.56. The molecule has 1 saturated heterocycles. The number of benzene rings is 1. The lowest BCUT2D eigenvalue weighted by Gasteiger charge is -2.39. The van der Waals surface area contributed by atoms with Crippen molar-refractivity contribution < 1.29 is 4.79 Å². The molecule has 0 saturated carbocycles. The Hall–Kier alpha value is -1.36. The number of amides is 1. The van der Waals surface area contributed by atoms with Gasteiger partial charge in [-0.3, -0.25) is 15.1 Å². The van der Waals surface area contributed by atoms with Gasteiger partial charge in [0, 0.05) is 11.5 Å². The van der Waals surface area contributed by atoms with Crippen molar-refractivity contribution in [1.82, 2.24) is 10.2 Å². The molecule has 90 valence electrons. The van der Waals surface area contributed by atoms with Crippen molar-refractivity contribution in [2.45, 2.75) is 18.9 Å². The van der Waals surface area contributed by atoms with Gasteiger partial charge in [0.15, 0.2) is 5.96 Å². The van der Waals surface area contributed by atoms with E-state index in [2.05, 4.69) is 21.2 Å². The molecule has 1 aromatic rings. The van der Waals surface area contributed by atoms with Crippen LogP contribution < -0.4 is 5.32 Å². The zero-order valence-electron chi connectivity index (χ0n) is 9.75. The Labute approximate surface area is 109 Å². The molecule has 17 heavy (non-hydrogen) atoms. The van der Waals surface area contributed by atoms with E-state index >= 15 is 0 Å². The summed E-state index contributed by atoms with van der Waals surface area (Å²) in [4.78, 5) is 13.1. The third-order valence-electron chi connectivity index (χ3n) is 3.07. The minimum Gasteiger partial charge on any atom is -0.346 e. The van der Waals surface area contributed by atoms with Crippen molar-refractivity contribution in [3.05, 3.63) is 34.3 Å². The average Bonchev–Trinajstić information content (AvgIpc) is 2.26. The SMILES string of the molecule is CN1C(=N)N[C@@](C)(c2cccc(Br)c2)CC1=O. The first kappa shape index (κ1) is 12.1. The molecule has 0 unspecified atom stereocenters. The lowest BCUT2D eigenvalue weighted by atomic mass is 9.87. The summed E-state index contributed by atoms with van der Waals surface area (Å²) >= 11 is 3.42. The Balaban J connectivity index is 2.37. The van der Waals surface area contributed by atoms with Gasteiger partial charge in [0.2, 0.25) is 5.91 Å². The highest BCUT2D eigenvalue weighted by Gasteiger charge is 2.37. The highest BCUT2D eigenvalue weighted by molar-refractivity contribution is 9.10. The molecule has 1 heterocycles. The molecular weight excluding hydrogens is 282 g/mol. The molecule has 1 aliphatic heterocycles. The molecule has 1 aromatic carbocycles. The largest absolute Gasteiger partial charge is 0.346 e. The van der Waals surface area contributed by atoms with Crippen LogP contribution in [0.4, 0.5) is 0 Å². The Bertz CT molecular complexity index is 468. The lowest BCUT2D eigenvalue weighted by molar-refractivity contribution is -0.129. The van der Waals surface area contributed by atoms with Crippen LogP contribution in [-0.4, -0.2) is 23.8 Å². The number of carbonyl (C=O) groups is 1. The summed E-state index contributed by atoms with van der Waals surface area (Å²) in [6, 6.07) is 7.80. The van der Waals surface area contributed by atoms with Crippen LogP contribution in [0.15, 0.2) is 28.7 Å². The molecule has 1 aliphatic rings. The summed E-state index contributed by atoms with van der Waals surface area (Å²) in [6.07, 6.45) is 0.350. The molecule has 0 spiro atoms. The summed E-state index contributed by atoms with van der Waals surface area (Å²) in [6.45, 7) is 1.94. The maximum atomic E-state index is 11.8. The van der Waals surface area contributed by atoms with Gasteiger partial charge in [-0.2, -0.15) is 0 Å². The molecule has 0 aromatic heterocycles. The van der Waals surface area contributed by atoms with Crippen molar-refractivity contribution in [3.8, 4) is 0 Å². The number of hydrogen-bond acceptors (Lipinski definition) is 2. The lowest BCUT2D eigenvalue weighted by Crippen LogP contribution is -2.58. The number of carbonyl (C=O) groups excluding carboxylic acids is 1. The highest BCUT2D eigenvalue weighted by Crippen LogP contribution is 2.30. The van der Waals surface area contributed by atoms with E-state index in [0.717, 1.165) is 10.0 Å². The maximum Gasteiger partial charge on any atom is 0.231 e. The summed E-state index contributed by atoms with van der Waals surface area (Å²) in [5.74, 6) is 0.0972. The topological polar surface area (TPSA) is 56.2 Å². The van der Waals surface area contributed by atoms with Crippen LogP contribution >= 0.6 is 15.9 Å². The first-order valence-corrected chi connectivity index (χ1v) is 6.11. The van der Waals surface area contributed by atoms with E-state index in [4.69, 9.17) is 5.41 Å². The minimum absolute atomic E-state index is 0.0452. The van der Waals surface area contributed by atoms with Gasteiger partial charge in [-0.25, -0.2) is 0 Å². The van der Waals surface area contributed by atoms with Gasteiger partial charge in [-0.1, -0.05) is 28.1 Å². The number of halogens is 1. The van der Waals surface area contributed by atoms with Gasteiger partial charge in [-0.05, 0) is 24.6 Å². The molecule has 1 fully saturated rings. The first-order chi connectivity index (χ1) is 7.92. The molecule has 1 atom stereocenters. The summed E-state index contributed by atoms with van der Waals surface area (Å²) < 4.78 is 0.968. The number of nitrogens with one attached hydrogen (secondary N) is 2. The fourth-order valence-corrected chi connectivity index (χ4v) is 2.34. The zero-order chi connectivity index (χ0) is 12.6. The van der Waals surface area contributed by atoms with Crippen molar-refractivity contribution >= 4 is 27.8 Å². The first-order valence-electron chi connectivity index (χ1n) is 5.32. The van der Waals surface area contributed by atoms with Gasteiger partial charge >= 0.3 is 0 Å². The molecule has 4 nitrogen and oxygen atoms in total. The monoisotopic (exact) mass is 295 g/mol. The molecule has 2 rings (SSSR count). The van der Waals surface area contributed by atoms with E-state index in [0.29, 0.717) is 6.42 Å². The molecule has 5 heteroatoms. The molecule has 0 radical (unpaired) electrons. The van der Waals surface area contributed by atoms with Gasteiger partial charge in [0.1, 0.15) is 0 Å². The van der Waals surface area contributed by atoms with Crippen LogP contribution in [0, 0.1) is 5.41 Å². The van der Waals surface area contributed by atoms with Crippen LogP contribution in [0.5, 0.6) is 0 Å². The van der Waals surface area contributed by atoms with E-state index in [9.17, 15) is 4.79 Å². The fourth-order valence-electron chi connectivity index (χ4n) is 1.94. The van der Waals surface area contributed by atoms with Crippen LogP contribution in [-0.2, 0) is 10.3 Å². The predicted octanol–water partition coefficient (Wildman–Crippen LogP) is 2.05. The van der Waals surface area contributed by atoms with Crippen molar-refractivity contribution in [2.24, 2.45) is 0 Å². The Morgan fingerprint density at radius 1 is 1.53 bits per heavy atom. The van der Waals surface area contributed by atoms with E-state index in [1.54, 1.807) is 7.05 Å². The Kier molecular flexibility index (Phi) is 2.95. The van der Waals surface area contributed by atoms with Crippen molar-refractivity contribution in [2.75, 3.05) is 7.05 Å².